The number of ether oxygens (including phenoxy) is 1. The maximum atomic E-state index is 12.6. The molecule has 1 atom stereocenters. The van der Waals surface area contributed by atoms with Crippen molar-refractivity contribution < 1.29 is 9.53 Å². The van der Waals surface area contributed by atoms with Gasteiger partial charge in [-0.05, 0) is 151 Å². The van der Waals surface area contributed by atoms with Crippen LogP contribution in [0.1, 0.15) is 63.8 Å². The fraction of sp³-hybridized carbons (Fsp3) is 0.159. The molecule has 2 nitrogen and oxygen atoms in total. The van der Waals surface area contributed by atoms with E-state index in [1.807, 2.05) is 0 Å². The molecule has 0 spiro atoms. The Labute approximate surface area is 263 Å². The lowest BCUT2D eigenvalue weighted by atomic mass is 9.59. The smallest absolute Gasteiger partial charge is 0.305 e. The van der Waals surface area contributed by atoms with Crippen LogP contribution in [0.4, 0.5) is 0 Å². The van der Waals surface area contributed by atoms with Gasteiger partial charge in [0, 0.05) is 11.8 Å². The molecule has 0 N–H and O–H groups in total. The van der Waals surface area contributed by atoms with Crippen molar-refractivity contribution in [3.8, 4) is 0 Å². The van der Waals surface area contributed by atoms with Gasteiger partial charge < -0.3 is 4.74 Å². The van der Waals surface area contributed by atoms with Gasteiger partial charge in [0.05, 0.1) is 7.11 Å². The third kappa shape index (κ3) is 2.17. The Bertz CT molecular complexity index is 2980. The standard InChI is InChI=1S/C44H26O2/c1-46-29(45)8-5-13-44(28-6-3-2-4-7-28)42-23-12-11-22-16-25-18-24-14-20-9-10-21-15-26-19-27(17-23)36-34(26)38-31(21)30(20)37-32(24)33(25)39(35(22)42)41(40(37)38)43(36)44/h2-4,6-7,9-12,14-17H,5,8,13,18-19H2,1H3. The molecule has 4 aliphatic rings. The Morgan fingerprint density at radius 2 is 1.28 bits per heavy atom. The minimum atomic E-state index is -0.392. The highest BCUT2D eigenvalue weighted by molar-refractivity contribution is 6.52. The van der Waals surface area contributed by atoms with Gasteiger partial charge in [-0.25, -0.2) is 0 Å². The molecule has 214 valence electrons. The summed E-state index contributed by atoms with van der Waals surface area (Å²) in [6.45, 7) is 0. The minimum absolute atomic E-state index is 0.128. The summed E-state index contributed by atoms with van der Waals surface area (Å²) < 4.78 is 5.19. The third-order valence-corrected chi connectivity index (χ3v) is 12.7. The van der Waals surface area contributed by atoms with Crippen LogP contribution >= 0.6 is 0 Å². The summed E-state index contributed by atoms with van der Waals surface area (Å²) in [7, 11) is 1.51. The van der Waals surface area contributed by atoms with E-state index in [1.165, 1.54) is 133 Å². The molecule has 4 aliphatic carbocycles. The van der Waals surface area contributed by atoms with Crippen molar-refractivity contribution in [3.05, 3.63) is 117 Å². The van der Waals surface area contributed by atoms with Crippen LogP contribution in [0.15, 0.2) is 72.8 Å². The normalized spacial score (nSPS) is 18.5. The van der Waals surface area contributed by atoms with Gasteiger partial charge in [0.2, 0.25) is 0 Å². The molecule has 13 rings (SSSR count). The van der Waals surface area contributed by atoms with Crippen molar-refractivity contribution in [2.45, 2.75) is 37.5 Å². The zero-order chi connectivity index (χ0) is 29.8. The van der Waals surface area contributed by atoms with Gasteiger partial charge in [0.1, 0.15) is 0 Å². The number of rotatable bonds is 5. The molecule has 2 heteroatoms. The van der Waals surface area contributed by atoms with Crippen molar-refractivity contribution in [2.24, 2.45) is 0 Å². The van der Waals surface area contributed by atoms with Gasteiger partial charge in [-0.3, -0.25) is 4.79 Å². The first-order valence-corrected chi connectivity index (χ1v) is 16.7. The second-order valence-corrected chi connectivity index (χ2v) is 14.5. The summed E-state index contributed by atoms with van der Waals surface area (Å²) in [5.74, 6) is -0.128. The van der Waals surface area contributed by atoms with Crippen LogP contribution < -0.4 is 0 Å². The second-order valence-electron chi connectivity index (χ2n) is 14.5. The molecule has 46 heavy (non-hydrogen) atoms. The van der Waals surface area contributed by atoms with E-state index in [9.17, 15) is 4.79 Å². The average molecular weight is 587 g/mol. The largest absolute Gasteiger partial charge is 0.469 e. The molecular formula is C44H26O2. The fourth-order valence-electron chi connectivity index (χ4n) is 11.4. The number of hydrogen-bond acceptors (Lipinski definition) is 2. The molecule has 9 aromatic carbocycles. The molecular weight excluding hydrogens is 560 g/mol. The molecule has 0 fully saturated rings. The fourth-order valence-corrected chi connectivity index (χ4v) is 11.4. The van der Waals surface area contributed by atoms with Gasteiger partial charge in [-0.1, -0.05) is 78.9 Å². The van der Waals surface area contributed by atoms with Crippen molar-refractivity contribution in [2.75, 3.05) is 7.11 Å². The lowest BCUT2D eigenvalue weighted by molar-refractivity contribution is -0.140. The first-order chi connectivity index (χ1) is 22.7. The summed E-state index contributed by atoms with van der Waals surface area (Å²) in [6, 6.07) is 28.4. The predicted octanol–water partition coefficient (Wildman–Crippen LogP) is 10.4. The molecule has 1 unspecified atom stereocenters. The van der Waals surface area contributed by atoms with E-state index >= 15 is 0 Å². The van der Waals surface area contributed by atoms with Crippen LogP contribution in [0.3, 0.4) is 0 Å². The van der Waals surface area contributed by atoms with Crippen LogP contribution in [0.25, 0.3) is 87.1 Å². The molecule has 0 saturated carbocycles. The van der Waals surface area contributed by atoms with Crippen LogP contribution in [0.5, 0.6) is 0 Å². The van der Waals surface area contributed by atoms with Gasteiger partial charge in [-0.15, -0.1) is 0 Å². The number of carbonyl (C=O) groups is 1. The van der Waals surface area contributed by atoms with E-state index in [2.05, 4.69) is 78.9 Å². The molecule has 9 aromatic rings. The first-order valence-electron chi connectivity index (χ1n) is 16.7. The van der Waals surface area contributed by atoms with Crippen LogP contribution in [0, 0.1) is 0 Å². The number of hydrogen-bond donors (Lipinski definition) is 0. The number of allylic oxidation sites excluding steroid dienone is 1. The SMILES string of the molecule is COC(=O)CCCC1(c2ccccc2)c2c3ccc4cc5c6c7c(cc8ccc9cc%10c%11c(c1c(c6c24)c1c%11c9c8c71)C(=C3)C%10)C5. The Kier molecular flexibility index (Phi) is 3.58. The Morgan fingerprint density at radius 3 is 2.02 bits per heavy atom. The van der Waals surface area contributed by atoms with Crippen LogP contribution in [-0.2, 0) is 27.8 Å². The average Bonchev–Trinajstić information content (AvgIpc) is 3.73. The maximum Gasteiger partial charge on any atom is 0.305 e. The summed E-state index contributed by atoms with van der Waals surface area (Å²) >= 11 is 0. The predicted molar refractivity (Wildman–Crippen MR) is 189 cm³/mol. The summed E-state index contributed by atoms with van der Waals surface area (Å²) in [4.78, 5) is 12.6. The molecule has 0 aromatic heterocycles. The zero-order valence-corrected chi connectivity index (χ0v) is 25.4. The molecule has 0 heterocycles. The summed E-state index contributed by atoms with van der Waals surface area (Å²) in [5, 5.41) is 20.5. The Hall–Kier alpha value is -5.21. The van der Waals surface area contributed by atoms with Gasteiger partial charge >= 0.3 is 5.97 Å². The maximum absolute atomic E-state index is 12.6. The molecule has 0 saturated heterocycles. The van der Waals surface area contributed by atoms with Gasteiger partial charge in [0.15, 0.2) is 0 Å². The van der Waals surface area contributed by atoms with Crippen molar-refractivity contribution in [1.29, 1.82) is 0 Å². The zero-order valence-electron chi connectivity index (χ0n) is 25.4. The molecule has 0 amide bonds. The van der Waals surface area contributed by atoms with Crippen molar-refractivity contribution in [1.82, 2.24) is 0 Å². The molecule has 0 aliphatic heterocycles. The quantitative estimate of drug-likeness (QED) is 0.148. The van der Waals surface area contributed by atoms with E-state index in [0.717, 1.165) is 25.7 Å². The minimum Gasteiger partial charge on any atom is -0.469 e. The van der Waals surface area contributed by atoms with Gasteiger partial charge in [0.25, 0.3) is 0 Å². The highest BCUT2D eigenvalue weighted by Gasteiger charge is 2.49. The van der Waals surface area contributed by atoms with E-state index < -0.39 is 5.41 Å². The van der Waals surface area contributed by atoms with Crippen LogP contribution in [-0.4, -0.2) is 13.1 Å². The summed E-state index contributed by atoms with van der Waals surface area (Å²) in [5.41, 5.74) is 12.6. The van der Waals surface area contributed by atoms with E-state index in [-0.39, 0.29) is 5.97 Å². The number of methoxy groups -OCH3 is 1. The molecule has 0 radical (unpaired) electrons. The van der Waals surface area contributed by atoms with E-state index in [4.69, 9.17) is 4.74 Å². The number of esters is 1. The van der Waals surface area contributed by atoms with E-state index in [0.29, 0.717) is 6.42 Å². The van der Waals surface area contributed by atoms with Gasteiger partial charge in [-0.2, -0.15) is 0 Å². The monoisotopic (exact) mass is 586 g/mol. The number of carbonyl (C=O) groups excluding carboxylic acids is 1. The topological polar surface area (TPSA) is 26.3 Å². The Morgan fingerprint density at radius 1 is 0.652 bits per heavy atom. The highest BCUT2D eigenvalue weighted by atomic mass is 16.5. The van der Waals surface area contributed by atoms with Crippen LogP contribution in [0.2, 0.25) is 0 Å². The highest BCUT2D eigenvalue weighted by Crippen LogP contribution is 2.66. The van der Waals surface area contributed by atoms with Crippen molar-refractivity contribution in [3.63, 3.8) is 0 Å². The molecule has 2 bridgehead atoms. The van der Waals surface area contributed by atoms with E-state index in [1.54, 1.807) is 0 Å². The second kappa shape index (κ2) is 7.11. The third-order valence-electron chi connectivity index (χ3n) is 12.7. The number of benzene rings is 8. The Balaban J connectivity index is 1.39. The van der Waals surface area contributed by atoms with Crippen molar-refractivity contribution >= 4 is 93.0 Å². The lowest BCUT2D eigenvalue weighted by Crippen LogP contribution is -2.33. The lowest BCUT2D eigenvalue weighted by Gasteiger charge is -2.42. The summed E-state index contributed by atoms with van der Waals surface area (Å²) in [6.07, 6.45) is 6.54. The first kappa shape index (κ1) is 23.2.